The maximum atomic E-state index is 12.8. The van der Waals surface area contributed by atoms with E-state index in [0.717, 1.165) is 5.56 Å². The Morgan fingerprint density at radius 3 is 2.55 bits per heavy atom. The van der Waals surface area contributed by atoms with Crippen molar-refractivity contribution in [2.45, 2.75) is 27.2 Å². The van der Waals surface area contributed by atoms with Crippen molar-refractivity contribution in [1.82, 2.24) is 10.6 Å². The average molecular weight is 306 g/mol. The van der Waals surface area contributed by atoms with Crippen molar-refractivity contribution in [3.63, 3.8) is 0 Å². The fraction of sp³-hybridized carbons (Fsp3) is 0.529. The van der Waals surface area contributed by atoms with Crippen LogP contribution in [0.25, 0.3) is 0 Å². The Labute approximate surface area is 130 Å². The molecule has 1 aliphatic heterocycles. The lowest BCUT2D eigenvalue weighted by atomic mass is 9.74. The average Bonchev–Trinajstić information content (AvgIpc) is 2.83. The normalized spacial score (nSPS) is 21.5. The van der Waals surface area contributed by atoms with Crippen molar-refractivity contribution in [1.29, 1.82) is 0 Å². The van der Waals surface area contributed by atoms with Crippen LogP contribution >= 0.6 is 0 Å². The molecule has 5 heteroatoms. The lowest BCUT2D eigenvalue weighted by Crippen LogP contribution is -2.41. The summed E-state index contributed by atoms with van der Waals surface area (Å²) in [6.07, 6.45) is 0.612. The minimum Gasteiger partial charge on any atom is -0.355 e. The van der Waals surface area contributed by atoms with E-state index in [-0.39, 0.29) is 29.0 Å². The van der Waals surface area contributed by atoms with E-state index < -0.39 is 5.92 Å². The fourth-order valence-corrected chi connectivity index (χ4v) is 2.82. The molecule has 0 unspecified atom stereocenters. The summed E-state index contributed by atoms with van der Waals surface area (Å²) < 4.78 is 12.8. The van der Waals surface area contributed by atoms with Crippen LogP contribution in [0, 0.1) is 23.1 Å². The molecule has 4 nitrogen and oxygen atoms in total. The van der Waals surface area contributed by atoms with Crippen LogP contribution in [0.15, 0.2) is 24.3 Å². The van der Waals surface area contributed by atoms with Crippen LogP contribution in [0.4, 0.5) is 4.39 Å². The molecule has 0 saturated carbocycles. The number of carbonyl (C=O) groups is 2. The molecule has 0 aliphatic carbocycles. The zero-order valence-corrected chi connectivity index (χ0v) is 13.3. The smallest absolute Gasteiger partial charge is 0.232 e. The maximum absolute atomic E-state index is 12.8. The van der Waals surface area contributed by atoms with Gasteiger partial charge in [-0.25, -0.2) is 4.39 Å². The van der Waals surface area contributed by atoms with Gasteiger partial charge in [0.05, 0.1) is 0 Å². The van der Waals surface area contributed by atoms with Crippen molar-refractivity contribution in [2.24, 2.45) is 17.3 Å². The zero-order valence-electron chi connectivity index (χ0n) is 13.3. The van der Waals surface area contributed by atoms with Crippen molar-refractivity contribution >= 4 is 11.8 Å². The van der Waals surface area contributed by atoms with Crippen LogP contribution in [0.2, 0.25) is 0 Å². The second-order valence-electron chi connectivity index (χ2n) is 6.86. The Morgan fingerprint density at radius 2 is 1.95 bits per heavy atom. The van der Waals surface area contributed by atoms with E-state index in [9.17, 15) is 14.0 Å². The van der Waals surface area contributed by atoms with Gasteiger partial charge in [0.25, 0.3) is 0 Å². The van der Waals surface area contributed by atoms with Gasteiger partial charge in [0.1, 0.15) is 11.7 Å². The van der Waals surface area contributed by atoms with Crippen LogP contribution in [0.1, 0.15) is 26.3 Å². The molecule has 2 atom stereocenters. The van der Waals surface area contributed by atoms with Crippen molar-refractivity contribution in [3.05, 3.63) is 35.6 Å². The molecule has 1 aliphatic rings. The highest BCUT2D eigenvalue weighted by molar-refractivity contribution is 6.02. The van der Waals surface area contributed by atoms with Gasteiger partial charge in [0.15, 0.2) is 0 Å². The number of nitrogens with one attached hydrogen (secondary N) is 2. The molecule has 2 rings (SSSR count). The third kappa shape index (κ3) is 3.84. The third-order valence-corrected chi connectivity index (χ3v) is 4.20. The first-order valence-corrected chi connectivity index (χ1v) is 7.59. The zero-order chi connectivity index (χ0) is 16.3. The third-order valence-electron chi connectivity index (χ3n) is 4.20. The molecular weight excluding hydrogens is 283 g/mol. The van der Waals surface area contributed by atoms with E-state index in [2.05, 4.69) is 10.6 Å². The Bertz CT molecular complexity index is 549. The number of benzene rings is 1. The summed E-state index contributed by atoms with van der Waals surface area (Å²) in [5.41, 5.74) is 0.836. The molecule has 0 aromatic heterocycles. The number of carbonyl (C=O) groups excluding carboxylic acids is 2. The summed E-state index contributed by atoms with van der Waals surface area (Å²) in [5.74, 6) is -1.33. The number of rotatable bonds is 4. The van der Waals surface area contributed by atoms with Gasteiger partial charge in [-0.15, -0.1) is 0 Å². The van der Waals surface area contributed by atoms with Crippen molar-refractivity contribution in [2.75, 3.05) is 13.1 Å². The van der Waals surface area contributed by atoms with Gasteiger partial charge in [0.2, 0.25) is 11.8 Å². The number of halogens is 1. The molecule has 0 spiro atoms. The molecule has 1 aromatic carbocycles. The molecule has 22 heavy (non-hydrogen) atoms. The highest BCUT2D eigenvalue weighted by Crippen LogP contribution is 2.35. The Morgan fingerprint density at radius 1 is 1.32 bits per heavy atom. The number of amides is 2. The minimum atomic E-state index is -0.631. The van der Waals surface area contributed by atoms with Gasteiger partial charge in [0, 0.05) is 19.0 Å². The standard InChI is InChI=1S/C17H23FN2O2/c1-17(2,3)13-10-20-16(22)14(13)15(21)19-9-8-11-4-6-12(18)7-5-11/h4-7,13-14H,8-10H2,1-3H3,(H,19,21)(H,20,22)/t13-,14+/m0/s1. The molecule has 0 bridgehead atoms. The van der Waals surface area contributed by atoms with Crippen LogP contribution in [-0.4, -0.2) is 24.9 Å². The second kappa shape index (κ2) is 6.46. The molecule has 120 valence electrons. The minimum absolute atomic E-state index is 0.00850. The predicted octanol–water partition coefficient (Wildman–Crippen LogP) is 1.89. The Hall–Kier alpha value is -1.91. The first-order chi connectivity index (χ1) is 10.3. The van der Waals surface area contributed by atoms with Crippen molar-refractivity contribution in [3.8, 4) is 0 Å². The van der Waals surface area contributed by atoms with E-state index in [4.69, 9.17) is 0 Å². The SMILES string of the molecule is CC(C)(C)[C@H]1CNC(=O)[C@H]1C(=O)NCCc1ccc(F)cc1. The van der Waals surface area contributed by atoms with Crippen LogP contribution in [-0.2, 0) is 16.0 Å². The topological polar surface area (TPSA) is 58.2 Å². The quantitative estimate of drug-likeness (QED) is 0.835. The Balaban J connectivity index is 1.91. The molecule has 1 heterocycles. The predicted molar refractivity (Wildman–Crippen MR) is 82.6 cm³/mol. The number of hydrogen-bond acceptors (Lipinski definition) is 2. The second-order valence-corrected chi connectivity index (χ2v) is 6.86. The first kappa shape index (κ1) is 16.5. The monoisotopic (exact) mass is 306 g/mol. The molecule has 0 radical (unpaired) electrons. The van der Waals surface area contributed by atoms with Gasteiger partial charge in [-0.05, 0) is 29.5 Å². The summed E-state index contributed by atoms with van der Waals surface area (Å²) in [6.45, 7) is 7.09. The van der Waals surface area contributed by atoms with Crippen molar-refractivity contribution < 1.29 is 14.0 Å². The molecule has 1 saturated heterocycles. The number of hydrogen-bond donors (Lipinski definition) is 2. The van der Waals surface area contributed by atoms with Gasteiger partial charge in [-0.3, -0.25) is 9.59 Å². The maximum Gasteiger partial charge on any atom is 0.232 e. The first-order valence-electron chi connectivity index (χ1n) is 7.59. The van der Waals surface area contributed by atoms with Gasteiger partial charge >= 0.3 is 0 Å². The summed E-state index contributed by atoms with van der Waals surface area (Å²) in [7, 11) is 0. The highest BCUT2D eigenvalue weighted by Gasteiger charge is 2.45. The van der Waals surface area contributed by atoms with E-state index >= 15 is 0 Å². The summed E-state index contributed by atoms with van der Waals surface area (Å²) >= 11 is 0. The van der Waals surface area contributed by atoms with E-state index in [1.807, 2.05) is 20.8 Å². The van der Waals surface area contributed by atoms with E-state index in [1.54, 1.807) is 12.1 Å². The lowest BCUT2D eigenvalue weighted by molar-refractivity contribution is -0.135. The molecule has 2 N–H and O–H groups in total. The molecule has 1 fully saturated rings. The van der Waals surface area contributed by atoms with Crippen LogP contribution in [0.3, 0.4) is 0 Å². The highest BCUT2D eigenvalue weighted by atomic mass is 19.1. The van der Waals surface area contributed by atoms with Gasteiger partial charge in [-0.1, -0.05) is 32.9 Å². The summed E-state index contributed by atoms with van der Waals surface area (Å²) in [5, 5.41) is 5.61. The van der Waals surface area contributed by atoms with Crippen LogP contribution in [0.5, 0.6) is 0 Å². The molecule has 1 aromatic rings. The fourth-order valence-electron chi connectivity index (χ4n) is 2.82. The summed E-state index contributed by atoms with van der Waals surface area (Å²) in [4.78, 5) is 24.3. The van der Waals surface area contributed by atoms with Gasteiger partial charge in [-0.2, -0.15) is 0 Å². The largest absolute Gasteiger partial charge is 0.355 e. The summed E-state index contributed by atoms with van der Waals surface area (Å²) in [6, 6.07) is 6.19. The molecule has 2 amide bonds. The van der Waals surface area contributed by atoms with Gasteiger partial charge < -0.3 is 10.6 Å². The molecular formula is C17H23FN2O2. The van der Waals surface area contributed by atoms with E-state index in [0.29, 0.717) is 19.5 Å². The Kier molecular flexibility index (Phi) is 4.84. The van der Waals surface area contributed by atoms with E-state index in [1.165, 1.54) is 12.1 Å². The lowest BCUT2D eigenvalue weighted by Gasteiger charge is -2.29. The van der Waals surface area contributed by atoms with Crippen LogP contribution < -0.4 is 10.6 Å².